The number of nitrogens with two attached hydrogens (primary N) is 1. The largest absolute Gasteiger partial charge is 0.419 e. The summed E-state index contributed by atoms with van der Waals surface area (Å²) in [6.45, 7) is 2.26. The highest BCUT2D eigenvalue weighted by atomic mass is 19.4. The molecule has 2 heterocycles. The van der Waals surface area contributed by atoms with Gasteiger partial charge in [0.2, 0.25) is 11.9 Å². The first-order valence-electron chi connectivity index (χ1n) is 6.54. The SMILES string of the molecule is NCCC(=O)N1CCN(c2ncc(C(F)(F)F)cn2)CC1. The Morgan fingerprint density at radius 2 is 1.76 bits per heavy atom. The number of nitrogens with zero attached hydrogens (tertiary/aromatic N) is 4. The van der Waals surface area contributed by atoms with Crippen LogP contribution in [-0.2, 0) is 11.0 Å². The van der Waals surface area contributed by atoms with Crippen molar-refractivity contribution in [3.05, 3.63) is 18.0 Å². The van der Waals surface area contributed by atoms with Crippen LogP contribution in [0.2, 0.25) is 0 Å². The molecule has 1 amide bonds. The number of hydrogen-bond donors (Lipinski definition) is 1. The van der Waals surface area contributed by atoms with Crippen molar-refractivity contribution in [2.45, 2.75) is 12.6 Å². The fourth-order valence-corrected chi connectivity index (χ4v) is 2.07. The van der Waals surface area contributed by atoms with Crippen LogP contribution in [0.15, 0.2) is 12.4 Å². The minimum absolute atomic E-state index is 0.00881. The number of rotatable bonds is 3. The van der Waals surface area contributed by atoms with Crippen molar-refractivity contribution >= 4 is 11.9 Å². The van der Waals surface area contributed by atoms with Gasteiger partial charge in [-0.2, -0.15) is 13.2 Å². The second kappa shape index (κ2) is 6.25. The summed E-state index contributed by atoms with van der Waals surface area (Å²) in [5.74, 6) is 0.236. The van der Waals surface area contributed by atoms with Gasteiger partial charge in [-0.25, -0.2) is 9.97 Å². The van der Waals surface area contributed by atoms with E-state index in [0.717, 1.165) is 12.4 Å². The number of carbonyl (C=O) groups excluding carboxylic acids is 1. The fraction of sp³-hybridized carbons (Fsp3) is 0.583. The molecule has 21 heavy (non-hydrogen) atoms. The van der Waals surface area contributed by atoms with Crippen LogP contribution >= 0.6 is 0 Å². The second-order valence-electron chi connectivity index (χ2n) is 4.68. The molecule has 0 aliphatic carbocycles. The van der Waals surface area contributed by atoms with E-state index >= 15 is 0 Å². The molecule has 2 rings (SSSR count). The predicted octanol–water partition coefficient (Wildman–Crippen LogP) is 0.493. The fourth-order valence-electron chi connectivity index (χ4n) is 2.07. The first-order chi connectivity index (χ1) is 9.91. The van der Waals surface area contributed by atoms with Gasteiger partial charge in [-0.3, -0.25) is 4.79 Å². The Labute approximate surface area is 119 Å². The normalized spacial score (nSPS) is 16.2. The molecule has 0 unspecified atom stereocenters. The zero-order valence-corrected chi connectivity index (χ0v) is 11.3. The molecule has 1 aromatic rings. The van der Waals surface area contributed by atoms with E-state index in [-0.39, 0.29) is 11.9 Å². The first kappa shape index (κ1) is 15.5. The van der Waals surface area contributed by atoms with Crippen LogP contribution in [-0.4, -0.2) is 53.5 Å². The van der Waals surface area contributed by atoms with Crippen molar-refractivity contribution < 1.29 is 18.0 Å². The zero-order chi connectivity index (χ0) is 15.5. The van der Waals surface area contributed by atoms with E-state index in [0.29, 0.717) is 39.1 Å². The number of anilines is 1. The third kappa shape index (κ3) is 3.81. The van der Waals surface area contributed by atoms with Crippen molar-refractivity contribution in [1.29, 1.82) is 0 Å². The third-order valence-electron chi connectivity index (χ3n) is 3.24. The highest BCUT2D eigenvalue weighted by Crippen LogP contribution is 2.28. The summed E-state index contributed by atoms with van der Waals surface area (Å²) in [4.78, 5) is 22.6. The summed E-state index contributed by atoms with van der Waals surface area (Å²) in [5, 5.41) is 0. The number of amides is 1. The monoisotopic (exact) mass is 303 g/mol. The maximum Gasteiger partial charge on any atom is 0.419 e. The van der Waals surface area contributed by atoms with Crippen LogP contribution in [0.25, 0.3) is 0 Å². The van der Waals surface area contributed by atoms with E-state index < -0.39 is 11.7 Å². The van der Waals surface area contributed by atoms with Gasteiger partial charge in [0.1, 0.15) is 0 Å². The van der Waals surface area contributed by atoms with Crippen LogP contribution in [0.5, 0.6) is 0 Å². The van der Waals surface area contributed by atoms with Gasteiger partial charge in [-0.05, 0) is 0 Å². The Balaban J connectivity index is 1.95. The lowest BCUT2D eigenvalue weighted by Crippen LogP contribution is -2.49. The van der Waals surface area contributed by atoms with Gasteiger partial charge in [0, 0.05) is 51.5 Å². The van der Waals surface area contributed by atoms with Crippen LogP contribution in [0.1, 0.15) is 12.0 Å². The number of alkyl halides is 3. The van der Waals surface area contributed by atoms with E-state index in [1.54, 1.807) is 9.80 Å². The Morgan fingerprint density at radius 1 is 1.19 bits per heavy atom. The van der Waals surface area contributed by atoms with Crippen LogP contribution in [0.4, 0.5) is 19.1 Å². The highest BCUT2D eigenvalue weighted by Gasteiger charge is 2.32. The standard InChI is InChI=1S/C12H16F3N5O/c13-12(14,15)9-7-17-11(18-8-9)20-5-3-19(4-6-20)10(21)1-2-16/h7-8H,1-6,16H2. The molecule has 1 aromatic heterocycles. The molecule has 1 saturated heterocycles. The lowest BCUT2D eigenvalue weighted by atomic mass is 10.3. The molecule has 0 bridgehead atoms. The predicted molar refractivity (Wildman–Crippen MR) is 69.5 cm³/mol. The van der Waals surface area contributed by atoms with E-state index in [4.69, 9.17) is 5.73 Å². The number of hydrogen-bond acceptors (Lipinski definition) is 5. The molecule has 1 fully saturated rings. The van der Waals surface area contributed by atoms with Crippen molar-refractivity contribution in [3.8, 4) is 0 Å². The quantitative estimate of drug-likeness (QED) is 0.880. The smallest absolute Gasteiger partial charge is 0.339 e. The molecular weight excluding hydrogens is 287 g/mol. The van der Waals surface area contributed by atoms with Crippen molar-refractivity contribution in [1.82, 2.24) is 14.9 Å². The molecule has 116 valence electrons. The van der Waals surface area contributed by atoms with Gasteiger partial charge >= 0.3 is 6.18 Å². The van der Waals surface area contributed by atoms with Crippen LogP contribution < -0.4 is 10.6 Å². The molecule has 0 spiro atoms. The van der Waals surface area contributed by atoms with Gasteiger partial charge in [0.05, 0.1) is 5.56 Å². The Bertz CT molecular complexity index is 483. The summed E-state index contributed by atoms with van der Waals surface area (Å²) in [6.07, 6.45) is -2.59. The molecule has 9 heteroatoms. The van der Waals surface area contributed by atoms with Crippen molar-refractivity contribution in [2.24, 2.45) is 5.73 Å². The van der Waals surface area contributed by atoms with Crippen molar-refractivity contribution in [2.75, 3.05) is 37.6 Å². The van der Waals surface area contributed by atoms with Crippen LogP contribution in [0.3, 0.4) is 0 Å². The average Bonchev–Trinajstić information content (AvgIpc) is 2.47. The number of aromatic nitrogens is 2. The Kier molecular flexibility index (Phi) is 4.61. The minimum Gasteiger partial charge on any atom is -0.339 e. The van der Waals surface area contributed by atoms with Crippen LogP contribution in [0, 0.1) is 0 Å². The van der Waals surface area contributed by atoms with E-state index in [9.17, 15) is 18.0 Å². The molecule has 0 atom stereocenters. The number of piperazine rings is 1. The van der Waals surface area contributed by atoms with Gasteiger partial charge in [-0.1, -0.05) is 0 Å². The molecule has 0 radical (unpaired) electrons. The lowest BCUT2D eigenvalue weighted by molar-refractivity contribution is -0.138. The minimum atomic E-state index is -4.44. The first-order valence-corrected chi connectivity index (χ1v) is 6.54. The molecule has 6 nitrogen and oxygen atoms in total. The number of carbonyl (C=O) groups is 1. The van der Waals surface area contributed by atoms with Gasteiger partial charge in [0.25, 0.3) is 0 Å². The Hall–Kier alpha value is -1.90. The molecule has 0 saturated carbocycles. The zero-order valence-electron chi connectivity index (χ0n) is 11.3. The molecule has 0 aromatic carbocycles. The second-order valence-corrected chi connectivity index (χ2v) is 4.68. The summed E-state index contributed by atoms with van der Waals surface area (Å²) >= 11 is 0. The molecule has 1 aliphatic rings. The summed E-state index contributed by atoms with van der Waals surface area (Å²) < 4.78 is 37.3. The molecule has 1 aliphatic heterocycles. The third-order valence-corrected chi connectivity index (χ3v) is 3.24. The Morgan fingerprint density at radius 3 is 2.24 bits per heavy atom. The molecule has 2 N–H and O–H groups in total. The van der Waals surface area contributed by atoms with E-state index in [2.05, 4.69) is 9.97 Å². The summed E-state index contributed by atoms with van der Waals surface area (Å²) in [5.41, 5.74) is 4.46. The van der Waals surface area contributed by atoms with Crippen molar-refractivity contribution in [3.63, 3.8) is 0 Å². The van der Waals surface area contributed by atoms with E-state index in [1.165, 1.54) is 0 Å². The van der Waals surface area contributed by atoms with Gasteiger partial charge < -0.3 is 15.5 Å². The average molecular weight is 303 g/mol. The highest BCUT2D eigenvalue weighted by molar-refractivity contribution is 5.76. The lowest BCUT2D eigenvalue weighted by Gasteiger charge is -2.34. The molecular formula is C12H16F3N5O. The van der Waals surface area contributed by atoms with Gasteiger partial charge in [-0.15, -0.1) is 0 Å². The van der Waals surface area contributed by atoms with Gasteiger partial charge in [0.15, 0.2) is 0 Å². The summed E-state index contributed by atoms with van der Waals surface area (Å²) in [7, 11) is 0. The summed E-state index contributed by atoms with van der Waals surface area (Å²) in [6, 6.07) is 0. The number of halogens is 3. The van der Waals surface area contributed by atoms with E-state index in [1.807, 2.05) is 0 Å². The maximum absolute atomic E-state index is 12.4. The maximum atomic E-state index is 12.4. The topological polar surface area (TPSA) is 75.4 Å².